The molecule has 9 nitrogen and oxygen atoms in total. The Morgan fingerprint density at radius 2 is 1.09 bits per heavy atom. The van der Waals surface area contributed by atoms with E-state index in [0.29, 0.717) is 6.42 Å². The molecule has 7 atom stereocenters. The fourth-order valence-electron chi connectivity index (χ4n) is 6.83. The van der Waals surface area contributed by atoms with Crippen molar-refractivity contribution < 1.29 is 39.8 Å². The lowest BCUT2D eigenvalue weighted by Crippen LogP contribution is -2.60. The van der Waals surface area contributed by atoms with Crippen LogP contribution in [-0.4, -0.2) is 87.5 Å². The molecule has 54 heavy (non-hydrogen) atoms. The molecule has 0 aromatic carbocycles. The molecule has 1 aliphatic rings. The molecule has 0 aromatic rings. The molecule has 1 aliphatic heterocycles. The van der Waals surface area contributed by atoms with Gasteiger partial charge in [0.1, 0.15) is 24.4 Å². The molecule has 1 amide bonds. The Hall–Kier alpha value is -1.59. The van der Waals surface area contributed by atoms with E-state index in [-0.39, 0.29) is 12.5 Å². The van der Waals surface area contributed by atoms with Gasteiger partial charge in [-0.05, 0) is 51.4 Å². The van der Waals surface area contributed by atoms with Gasteiger partial charge in [0, 0.05) is 6.42 Å². The molecule has 0 aromatic heterocycles. The van der Waals surface area contributed by atoms with Crippen molar-refractivity contribution in [3.63, 3.8) is 0 Å². The van der Waals surface area contributed by atoms with E-state index in [2.05, 4.69) is 43.5 Å². The molecule has 1 fully saturated rings. The van der Waals surface area contributed by atoms with Crippen molar-refractivity contribution in [2.75, 3.05) is 13.2 Å². The lowest BCUT2D eigenvalue weighted by Gasteiger charge is -2.40. The number of carbonyl (C=O) groups is 1. The Morgan fingerprint density at radius 3 is 1.61 bits per heavy atom. The standard InChI is InChI=1S/C45H83NO8/c1-3-5-7-9-11-13-15-17-18-19-20-21-23-25-27-29-31-33-35-41(49)46-38(37-53-45-44(52)43(51)42(50)40(36-47)54-45)39(48)34-32-30-28-26-24-22-16-14-12-10-8-6-4-2/h13,15,18-19,32,34,38-40,42-45,47-48,50-52H,3-12,14,16-17,20-31,33,35-37H2,1-2H3,(H,46,49)/b15-13-,19-18-,34-32+. The topological polar surface area (TPSA) is 149 Å². The fourth-order valence-corrected chi connectivity index (χ4v) is 6.83. The van der Waals surface area contributed by atoms with Crippen LogP contribution in [0, 0.1) is 0 Å². The van der Waals surface area contributed by atoms with Crippen LogP contribution in [0.4, 0.5) is 0 Å². The number of hydrogen-bond acceptors (Lipinski definition) is 8. The monoisotopic (exact) mass is 766 g/mol. The summed E-state index contributed by atoms with van der Waals surface area (Å²) in [4.78, 5) is 12.9. The molecule has 0 aliphatic carbocycles. The van der Waals surface area contributed by atoms with Gasteiger partial charge in [-0.3, -0.25) is 4.79 Å². The van der Waals surface area contributed by atoms with E-state index in [1.807, 2.05) is 6.08 Å². The molecular formula is C45H83NO8. The van der Waals surface area contributed by atoms with Gasteiger partial charge in [-0.2, -0.15) is 0 Å². The maximum Gasteiger partial charge on any atom is 0.220 e. The molecule has 0 spiro atoms. The van der Waals surface area contributed by atoms with E-state index in [0.717, 1.165) is 57.8 Å². The van der Waals surface area contributed by atoms with Gasteiger partial charge < -0.3 is 40.3 Å². The molecule has 0 radical (unpaired) electrons. The Balaban J connectivity index is 2.38. The van der Waals surface area contributed by atoms with Crippen molar-refractivity contribution in [3.05, 3.63) is 36.5 Å². The third-order valence-corrected chi connectivity index (χ3v) is 10.5. The molecule has 0 bridgehead atoms. The first kappa shape index (κ1) is 50.4. The smallest absolute Gasteiger partial charge is 0.220 e. The van der Waals surface area contributed by atoms with Gasteiger partial charge in [0.25, 0.3) is 0 Å². The van der Waals surface area contributed by atoms with Gasteiger partial charge in [-0.1, -0.05) is 166 Å². The highest BCUT2D eigenvalue weighted by atomic mass is 16.7. The third kappa shape index (κ3) is 26.3. The van der Waals surface area contributed by atoms with Gasteiger partial charge in [-0.25, -0.2) is 0 Å². The quantitative estimate of drug-likeness (QED) is 0.0274. The van der Waals surface area contributed by atoms with Gasteiger partial charge in [0.2, 0.25) is 5.91 Å². The second kappa shape index (κ2) is 35.8. The Bertz CT molecular complexity index is 941. The summed E-state index contributed by atoms with van der Waals surface area (Å²) in [6.07, 6.45) is 36.1. The molecule has 0 saturated carbocycles. The van der Waals surface area contributed by atoms with Crippen LogP contribution in [0.1, 0.15) is 187 Å². The lowest BCUT2D eigenvalue weighted by atomic mass is 9.99. The van der Waals surface area contributed by atoms with Crippen molar-refractivity contribution in [1.82, 2.24) is 5.32 Å². The van der Waals surface area contributed by atoms with Crippen LogP contribution in [0.25, 0.3) is 0 Å². The largest absolute Gasteiger partial charge is 0.394 e. The van der Waals surface area contributed by atoms with Crippen LogP contribution >= 0.6 is 0 Å². The molecule has 1 heterocycles. The van der Waals surface area contributed by atoms with Crippen LogP contribution in [-0.2, 0) is 14.3 Å². The molecular weight excluding hydrogens is 682 g/mol. The zero-order chi connectivity index (χ0) is 39.5. The zero-order valence-electron chi connectivity index (χ0n) is 34.5. The fraction of sp³-hybridized carbons (Fsp3) is 0.844. The summed E-state index contributed by atoms with van der Waals surface area (Å²) in [7, 11) is 0. The summed E-state index contributed by atoms with van der Waals surface area (Å²) in [5, 5.41) is 54.1. The van der Waals surface area contributed by atoms with Crippen LogP contribution < -0.4 is 5.32 Å². The number of rotatable bonds is 36. The van der Waals surface area contributed by atoms with Crippen molar-refractivity contribution >= 4 is 5.91 Å². The highest BCUT2D eigenvalue weighted by Gasteiger charge is 2.44. The number of allylic oxidation sites excluding steroid dienone is 5. The predicted molar refractivity (Wildman–Crippen MR) is 221 cm³/mol. The summed E-state index contributed by atoms with van der Waals surface area (Å²) < 4.78 is 11.2. The van der Waals surface area contributed by atoms with Crippen LogP contribution in [0.2, 0.25) is 0 Å². The highest BCUT2D eigenvalue weighted by molar-refractivity contribution is 5.76. The highest BCUT2D eigenvalue weighted by Crippen LogP contribution is 2.22. The van der Waals surface area contributed by atoms with E-state index in [9.17, 15) is 30.3 Å². The number of aliphatic hydroxyl groups is 5. The first-order chi connectivity index (χ1) is 26.3. The average Bonchev–Trinajstić information content (AvgIpc) is 3.17. The molecule has 9 heteroatoms. The van der Waals surface area contributed by atoms with Crippen LogP contribution in [0.5, 0.6) is 0 Å². The average molecular weight is 766 g/mol. The van der Waals surface area contributed by atoms with E-state index < -0.39 is 49.5 Å². The van der Waals surface area contributed by atoms with Gasteiger partial charge >= 0.3 is 0 Å². The molecule has 1 rings (SSSR count). The minimum Gasteiger partial charge on any atom is -0.394 e. The van der Waals surface area contributed by atoms with E-state index in [4.69, 9.17) is 9.47 Å². The number of aliphatic hydroxyl groups excluding tert-OH is 5. The minimum atomic E-state index is -1.57. The predicted octanol–water partition coefficient (Wildman–Crippen LogP) is 8.89. The second-order valence-corrected chi connectivity index (χ2v) is 15.5. The van der Waals surface area contributed by atoms with Crippen LogP contribution in [0.15, 0.2) is 36.5 Å². The normalized spacial score (nSPS) is 21.8. The molecule has 7 unspecified atom stereocenters. The SMILES string of the molecule is CCCCCC/C=C\C/C=C\CCCCCCCCCC(=O)NC(COC1OC(CO)C(O)C(O)C1O)C(O)/C=C/CCCCCCCCCCCCC. The van der Waals surface area contributed by atoms with Crippen LogP contribution in [0.3, 0.4) is 0 Å². The maximum atomic E-state index is 12.9. The summed E-state index contributed by atoms with van der Waals surface area (Å²) in [6.45, 7) is 3.73. The minimum absolute atomic E-state index is 0.187. The number of amides is 1. The molecule has 6 N–H and O–H groups in total. The number of unbranched alkanes of at least 4 members (excludes halogenated alkanes) is 22. The Labute approximate surface area is 330 Å². The van der Waals surface area contributed by atoms with Crippen molar-refractivity contribution in [2.45, 2.75) is 230 Å². The number of ether oxygens (including phenoxy) is 2. The van der Waals surface area contributed by atoms with Gasteiger partial charge in [-0.15, -0.1) is 0 Å². The van der Waals surface area contributed by atoms with Gasteiger partial charge in [0.05, 0.1) is 25.4 Å². The van der Waals surface area contributed by atoms with E-state index in [1.54, 1.807) is 6.08 Å². The first-order valence-corrected chi connectivity index (χ1v) is 22.2. The van der Waals surface area contributed by atoms with Crippen molar-refractivity contribution in [2.24, 2.45) is 0 Å². The van der Waals surface area contributed by atoms with Crippen molar-refractivity contribution in [3.8, 4) is 0 Å². The van der Waals surface area contributed by atoms with Crippen molar-refractivity contribution in [1.29, 1.82) is 0 Å². The summed E-state index contributed by atoms with van der Waals surface area (Å²) in [5.41, 5.74) is 0. The summed E-state index contributed by atoms with van der Waals surface area (Å²) in [6, 6.07) is -0.806. The second-order valence-electron chi connectivity index (χ2n) is 15.5. The lowest BCUT2D eigenvalue weighted by molar-refractivity contribution is -0.302. The van der Waals surface area contributed by atoms with E-state index >= 15 is 0 Å². The van der Waals surface area contributed by atoms with Gasteiger partial charge in [0.15, 0.2) is 6.29 Å². The molecule has 1 saturated heterocycles. The zero-order valence-corrected chi connectivity index (χ0v) is 34.5. The number of hydrogen-bond donors (Lipinski definition) is 6. The molecule has 316 valence electrons. The van der Waals surface area contributed by atoms with E-state index in [1.165, 1.54) is 109 Å². The number of nitrogens with one attached hydrogen (secondary N) is 1. The summed E-state index contributed by atoms with van der Waals surface area (Å²) >= 11 is 0. The maximum absolute atomic E-state index is 12.9. The first-order valence-electron chi connectivity index (χ1n) is 22.2. The summed E-state index contributed by atoms with van der Waals surface area (Å²) in [5.74, 6) is -0.187. The number of carbonyl (C=O) groups excluding carboxylic acids is 1. The Kier molecular flexibility index (Phi) is 33.4. The Morgan fingerprint density at radius 1 is 0.630 bits per heavy atom. The third-order valence-electron chi connectivity index (χ3n) is 10.5.